The second kappa shape index (κ2) is 16.7. The highest BCUT2D eigenvalue weighted by Crippen LogP contribution is 2.52. The van der Waals surface area contributed by atoms with Crippen molar-refractivity contribution in [1.29, 1.82) is 0 Å². The summed E-state index contributed by atoms with van der Waals surface area (Å²) < 4.78 is 10.2. The highest BCUT2D eigenvalue weighted by Gasteiger charge is 2.30. The van der Waals surface area contributed by atoms with Gasteiger partial charge >= 0.3 is 0 Å². The van der Waals surface area contributed by atoms with Gasteiger partial charge < -0.3 is 17.9 Å². The summed E-state index contributed by atoms with van der Waals surface area (Å²) in [5.41, 5.74) is 22.0. The molecule has 13 aromatic carbocycles. The maximum Gasteiger partial charge on any atom is 0.0627 e. The topological polar surface area (TPSA) is 18.7 Å². The Kier molecular flexibility index (Phi) is 9.31. The Bertz CT molecular complexity index is 5750. The highest BCUT2D eigenvalue weighted by molar-refractivity contribution is 6.37. The first-order chi connectivity index (χ1) is 41.9. The fourth-order valence-electron chi connectivity index (χ4n) is 15.6. The van der Waals surface area contributed by atoms with Crippen molar-refractivity contribution < 1.29 is 0 Å². The van der Waals surface area contributed by atoms with Crippen LogP contribution in [0.2, 0.25) is 0 Å². The third kappa shape index (κ3) is 6.32. The summed E-state index contributed by atoms with van der Waals surface area (Å²) in [6, 6.07) is 92.3. The van der Waals surface area contributed by atoms with Gasteiger partial charge in [-0.05, 0) is 164 Å². The first-order valence-corrected chi connectivity index (χ1v) is 30.4. The monoisotopic (exact) mass is 1100 g/mol. The molecule has 0 aliphatic rings. The smallest absolute Gasteiger partial charge is 0.0627 e. The van der Waals surface area contributed by atoms with E-state index in [-0.39, 0.29) is 10.8 Å². The molecule has 0 radical (unpaired) electrons. The van der Waals surface area contributed by atoms with Crippen LogP contribution >= 0.6 is 0 Å². The first kappa shape index (κ1) is 48.0. The molecule has 406 valence electrons. The molecule has 0 atom stereocenters. The van der Waals surface area contributed by atoms with Crippen molar-refractivity contribution >= 4 is 141 Å². The zero-order chi connectivity index (χ0) is 57.2. The van der Waals surface area contributed by atoms with Crippen molar-refractivity contribution in [1.82, 2.24) is 17.9 Å². The molecule has 6 aromatic heterocycles. The van der Waals surface area contributed by atoms with Crippen molar-refractivity contribution in [3.05, 3.63) is 254 Å². The van der Waals surface area contributed by atoms with Gasteiger partial charge in [0.25, 0.3) is 0 Å². The normalized spacial score (nSPS) is 13.0. The lowest BCUT2D eigenvalue weighted by Gasteiger charge is -2.21. The lowest BCUT2D eigenvalue weighted by atomic mass is 9.83. The largest absolute Gasteiger partial charge is 0.309 e. The van der Waals surface area contributed by atoms with Gasteiger partial charge in [-0.25, -0.2) is 0 Å². The lowest BCUT2D eigenvalue weighted by Crippen LogP contribution is -2.11. The van der Waals surface area contributed by atoms with E-state index in [2.05, 4.69) is 302 Å². The molecule has 0 aliphatic carbocycles. The van der Waals surface area contributed by atoms with E-state index >= 15 is 0 Å². The molecule has 86 heavy (non-hydrogen) atoms. The minimum atomic E-state index is -0.113. The second-order valence-electron chi connectivity index (χ2n) is 26.5. The maximum absolute atomic E-state index is 2.67. The van der Waals surface area contributed by atoms with Gasteiger partial charge in [-0.1, -0.05) is 175 Å². The second-order valence-corrected chi connectivity index (χ2v) is 26.5. The molecule has 4 heteroatoms. The van der Waals surface area contributed by atoms with Gasteiger partial charge in [-0.2, -0.15) is 0 Å². The molecule has 19 aromatic rings. The van der Waals surface area contributed by atoms with Crippen molar-refractivity contribution in [3.8, 4) is 33.6 Å². The molecule has 0 saturated heterocycles. The molecule has 0 aliphatic heterocycles. The zero-order valence-electron chi connectivity index (χ0n) is 48.9. The van der Waals surface area contributed by atoms with Crippen LogP contribution in [0.5, 0.6) is 0 Å². The van der Waals surface area contributed by atoms with Crippen LogP contribution in [0, 0.1) is 0 Å². The summed E-state index contributed by atoms with van der Waals surface area (Å²) in [4.78, 5) is 0. The van der Waals surface area contributed by atoms with Crippen LogP contribution in [0.25, 0.3) is 175 Å². The minimum Gasteiger partial charge on any atom is -0.309 e. The Morgan fingerprint density at radius 3 is 1.02 bits per heavy atom. The zero-order valence-corrected chi connectivity index (χ0v) is 48.9. The fraction of sp³-hybridized carbons (Fsp3) is 0.0976. The van der Waals surface area contributed by atoms with Crippen LogP contribution in [0.15, 0.2) is 243 Å². The fourth-order valence-corrected chi connectivity index (χ4v) is 15.6. The predicted molar refractivity (Wildman–Crippen MR) is 368 cm³/mol. The molecule has 0 spiro atoms. The number of benzene rings is 13. The number of hydrogen-bond acceptors (Lipinski definition) is 0. The van der Waals surface area contributed by atoms with Crippen LogP contribution in [0.4, 0.5) is 0 Å². The van der Waals surface area contributed by atoms with Crippen LogP contribution in [-0.2, 0) is 10.8 Å². The molecule has 0 N–H and O–H groups in total. The average Bonchev–Trinajstić information content (AvgIpc) is 1.53. The Labute approximate surface area is 496 Å². The molecule has 6 heterocycles. The Balaban J connectivity index is 0.961. The highest BCUT2D eigenvalue weighted by atomic mass is 15.0. The molecular weight excluding hydrogens is 1040 g/mol. The molecule has 4 nitrogen and oxygen atoms in total. The van der Waals surface area contributed by atoms with E-state index in [0.29, 0.717) is 0 Å². The number of rotatable bonds is 4. The molecule has 19 rings (SSSR count). The van der Waals surface area contributed by atoms with E-state index in [1.165, 1.54) is 175 Å². The predicted octanol–water partition coefficient (Wildman–Crippen LogP) is 22.4. The van der Waals surface area contributed by atoms with E-state index < -0.39 is 0 Å². The summed E-state index contributed by atoms with van der Waals surface area (Å²) in [5, 5.41) is 20.4. The Hall–Kier alpha value is -10.4. The van der Waals surface area contributed by atoms with E-state index in [4.69, 9.17) is 0 Å². The molecule has 0 fully saturated rings. The van der Waals surface area contributed by atoms with Gasteiger partial charge in [0.2, 0.25) is 0 Å². The third-order valence-corrected chi connectivity index (χ3v) is 19.6. The molecule has 0 amide bonds. The molecule has 0 unspecified atom stereocenters. The molecule has 0 bridgehead atoms. The Morgan fingerprint density at radius 2 is 0.605 bits per heavy atom. The average molecular weight is 1100 g/mol. The summed E-state index contributed by atoms with van der Waals surface area (Å²) in [6.45, 7) is 14.2. The van der Waals surface area contributed by atoms with Crippen LogP contribution in [-0.4, -0.2) is 17.9 Å². The van der Waals surface area contributed by atoms with E-state index in [1.807, 2.05) is 0 Å². The number of hydrogen-bond donors (Lipinski definition) is 0. The van der Waals surface area contributed by atoms with Gasteiger partial charge in [-0.15, -0.1) is 0 Å². The van der Waals surface area contributed by atoms with Crippen molar-refractivity contribution in [2.75, 3.05) is 0 Å². The van der Waals surface area contributed by atoms with Crippen molar-refractivity contribution in [2.45, 2.75) is 52.4 Å². The SMILES string of the molecule is CC(C)(C)c1cc(-c2ccc3c(c2)c2ccccc2n3-c2ccccc2)c2c(c1)c1c3ccccc3cc3c4cc5c(cc4n2c31)c1cc2ccccc2c2c3cc(C(C)(C)C)cc(-c4ccc6c(c4)c4ccccc4n6-c4ccccc4)c3n5c12. The van der Waals surface area contributed by atoms with E-state index in [0.717, 1.165) is 11.4 Å². The van der Waals surface area contributed by atoms with Gasteiger partial charge in [0.1, 0.15) is 0 Å². The van der Waals surface area contributed by atoms with Crippen LogP contribution in [0.3, 0.4) is 0 Å². The van der Waals surface area contributed by atoms with Crippen molar-refractivity contribution in [2.24, 2.45) is 0 Å². The molecular formula is C82H58N4. The van der Waals surface area contributed by atoms with Crippen LogP contribution in [0.1, 0.15) is 52.7 Å². The summed E-state index contributed by atoms with van der Waals surface area (Å²) in [7, 11) is 0. The minimum absolute atomic E-state index is 0.113. The standard InChI is InChI=1S/C82H58N4/c1-81(2,3)51-41-59(49-33-35-71-61(37-49)57-29-17-19-31-69(57)83(71)53-23-9-7-10-24-53)77-67(43-51)75-55-27-15-13-21-47(55)39-65-63-46-74-64(45-73(63)85(77)79(65)75)66-40-48-22-14-16-28-56(48)76-68-44-52(82(4,5)6)42-60(78(68)86(74)80(66)76)50-34-36-72-62(38-50)58-30-18-20-32-70(58)84(72)54-25-11-8-12-26-54/h7-46H,1-6H3. The van der Waals surface area contributed by atoms with E-state index in [1.54, 1.807) is 0 Å². The van der Waals surface area contributed by atoms with Gasteiger partial charge in [-0.3, -0.25) is 0 Å². The van der Waals surface area contributed by atoms with Gasteiger partial charge in [0.15, 0.2) is 0 Å². The van der Waals surface area contributed by atoms with E-state index in [9.17, 15) is 0 Å². The lowest BCUT2D eigenvalue weighted by molar-refractivity contribution is 0.591. The number of fused-ring (bicyclic) bond motifs is 22. The quantitative estimate of drug-likeness (QED) is 0.167. The summed E-state index contributed by atoms with van der Waals surface area (Å²) in [5.74, 6) is 0. The molecule has 0 saturated carbocycles. The van der Waals surface area contributed by atoms with Crippen molar-refractivity contribution in [3.63, 3.8) is 0 Å². The number of nitrogens with zero attached hydrogens (tertiary/aromatic N) is 4. The first-order valence-electron chi connectivity index (χ1n) is 30.4. The maximum atomic E-state index is 2.67. The Morgan fingerprint density at radius 1 is 0.244 bits per heavy atom. The number of para-hydroxylation sites is 4. The summed E-state index contributed by atoms with van der Waals surface area (Å²) >= 11 is 0. The van der Waals surface area contributed by atoms with Gasteiger partial charge in [0, 0.05) is 87.1 Å². The number of aromatic nitrogens is 4. The van der Waals surface area contributed by atoms with Gasteiger partial charge in [0.05, 0.1) is 55.2 Å². The third-order valence-electron chi connectivity index (χ3n) is 19.6. The summed E-state index contributed by atoms with van der Waals surface area (Å²) in [6.07, 6.45) is 0. The van der Waals surface area contributed by atoms with Crippen LogP contribution < -0.4 is 0 Å².